The van der Waals surface area contributed by atoms with E-state index in [2.05, 4.69) is 43.5 Å². The molecule has 526 valence electrons. The van der Waals surface area contributed by atoms with E-state index in [-0.39, 0.29) is 12.5 Å². The normalized spacial score (nSPS) is 17.9. The molecule has 0 radical (unpaired) electrons. The Bertz CT molecular complexity index is 1500. The molecule has 0 aromatic rings. The molecule has 7 unspecified atom stereocenters. The number of ether oxygens (including phenoxy) is 2. The lowest BCUT2D eigenvalue weighted by Crippen LogP contribution is -2.60. The van der Waals surface area contributed by atoms with Crippen molar-refractivity contribution in [3.8, 4) is 0 Å². The fourth-order valence-corrected chi connectivity index (χ4v) is 13.0. The van der Waals surface area contributed by atoms with Crippen LogP contribution >= 0.6 is 0 Å². The average molecular weight is 1260 g/mol. The molecule has 0 bridgehead atoms. The molecule has 0 aromatic carbocycles. The molecule has 1 heterocycles. The van der Waals surface area contributed by atoms with Crippen LogP contribution in [0.1, 0.15) is 412 Å². The monoisotopic (exact) mass is 1260 g/mol. The van der Waals surface area contributed by atoms with Gasteiger partial charge in [0.1, 0.15) is 24.4 Å². The van der Waals surface area contributed by atoms with Crippen molar-refractivity contribution >= 4 is 5.91 Å². The predicted molar refractivity (Wildman–Crippen MR) is 383 cm³/mol. The van der Waals surface area contributed by atoms with Gasteiger partial charge in [0.25, 0.3) is 0 Å². The second-order valence-electron chi connectivity index (χ2n) is 27.9. The Morgan fingerprint density at radius 1 is 0.382 bits per heavy atom. The van der Waals surface area contributed by atoms with Crippen molar-refractivity contribution in [2.24, 2.45) is 0 Å². The molecule has 7 atom stereocenters. The molecule has 9 nitrogen and oxygen atoms in total. The van der Waals surface area contributed by atoms with Crippen molar-refractivity contribution in [3.63, 3.8) is 0 Å². The summed E-state index contributed by atoms with van der Waals surface area (Å²) in [6.45, 7) is 3.83. The van der Waals surface area contributed by atoms with Crippen LogP contribution in [0, 0.1) is 0 Å². The van der Waals surface area contributed by atoms with E-state index in [0.717, 1.165) is 44.9 Å². The summed E-state index contributed by atoms with van der Waals surface area (Å²) in [6, 6.07) is -0.804. The second-order valence-corrected chi connectivity index (χ2v) is 27.9. The van der Waals surface area contributed by atoms with E-state index in [4.69, 9.17) is 9.47 Å². The summed E-state index contributed by atoms with van der Waals surface area (Å²) >= 11 is 0. The van der Waals surface area contributed by atoms with Gasteiger partial charge in [-0.1, -0.05) is 391 Å². The van der Waals surface area contributed by atoms with Crippen molar-refractivity contribution < 1.29 is 39.8 Å². The minimum Gasteiger partial charge on any atom is -0.394 e. The Labute approximate surface area is 552 Å². The second kappa shape index (κ2) is 69.2. The molecule has 1 amide bonds. The number of nitrogens with one attached hydrogen (secondary N) is 1. The third-order valence-corrected chi connectivity index (χ3v) is 19.2. The van der Waals surface area contributed by atoms with E-state index in [1.165, 1.54) is 347 Å². The molecule has 0 aromatic heterocycles. The number of aliphatic hydroxyl groups excluding tert-OH is 5. The zero-order valence-electron chi connectivity index (χ0n) is 59.2. The Balaban J connectivity index is 2.03. The van der Waals surface area contributed by atoms with Gasteiger partial charge < -0.3 is 40.3 Å². The maximum absolute atomic E-state index is 13.2. The standard InChI is InChI=1S/C80H153NO8/c1-3-5-7-9-11-13-15-17-19-21-23-25-27-29-30-31-32-33-34-35-36-37-38-39-40-41-42-43-44-46-48-50-52-54-56-58-60-62-64-66-68-70-76(84)81-73(72-88-80-79(87)78(86)77(85)75(71-82)89-80)74(83)69-67-65-63-61-59-57-55-53-51-49-47-45-28-26-24-22-20-18-16-14-12-10-8-6-4-2/h15,17,21,23,67,69,73-75,77-80,82-83,85-87H,3-14,16,18-20,22,24-66,68,70-72H2,1-2H3,(H,81,84)/b17-15-,23-21-,69-67+. The van der Waals surface area contributed by atoms with E-state index in [1.807, 2.05) is 6.08 Å². The van der Waals surface area contributed by atoms with Gasteiger partial charge in [0, 0.05) is 6.42 Å². The van der Waals surface area contributed by atoms with E-state index in [0.29, 0.717) is 6.42 Å². The number of unbranched alkanes of at least 4 members (excludes halogenated alkanes) is 57. The average Bonchev–Trinajstić information content (AvgIpc) is 2.59. The highest BCUT2D eigenvalue weighted by atomic mass is 16.7. The Morgan fingerprint density at radius 2 is 0.663 bits per heavy atom. The molecule has 1 fully saturated rings. The van der Waals surface area contributed by atoms with Gasteiger partial charge in [0.05, 0.1) is 25.4 Å². The van der Waals surface area contributed by atoms with Crippen LogP contribution in [0.15, 0.2) is 36.5 Å². The van der Waals surface area contributed by atoms with E-state index >= 15 is 0 Å². The summed E-state index contributed by atoms with van der Waals surface area (Å²) in [7, 11) is 0. The number of amides is 1. The number of carbonyl (C=O) groups is 1. The van der Waals surface area contributed by atoms with Gasteiger partial charge in [-0.2, -0.15) is 0 Å². The van der Waals surface area contributed by atoms with Gasteiger partial charge in [0.2, 0.25) is 5.91 Å². The SMILES string of the molecule is CCCCCCC/C=C\C/C=C\CCCCCCCCCCCCCCCCCCCCCCCCCCCCCCCC(=O)NC(COC1OC(CO)C(O)C(O)C1O)C(O)/C=C/CCCCCCCCCCCCCCCCCCCCCCCCC. The summed E-state index contributed by atoms with van der Waals surface area (Å²) in [5.74, 6) is -0.167. The third kappa shape index (κ3) is 57.6. The maximum Gasteiger partial charge on any atom is 0.220 e. The van der Waals surface area contributed by atoms with Crippen molar-refractivity contribution in [1.82, 2.24) is 5.32 Å². The van der Waals surface area contributed by atoms with Crippen LogP contribution < -0.4 is 5.32 Å². The molecule has 1 aliphatic rings. The summed E-state index contributed by atoms with van der Waals surface area (Å²) in [5, 5.41) is 54.9. The summed E-state index contributed by atoms with van der Waals surface area (Å²) in [5.41, 5.74) is 0. The molecule has 1 saturated heterocycles. The van der Waals surface area contributed by atoms with Crippen molar-refractivity contribution in [3.05, 3.63) is 36.5 Å². The van der Waals surface area contributed by atoms with Gasteiger partial charge in [-0.3, -0.25) is 4.79 Å². The highest BCUT2D eigenvalue weighted by Gasteiger charge is 2.44. The number of rotatable bonds is 71. The highest BCUT2D eigenvalue weighted by Crippen LogP contribution is 2.24. The first-order valence-electron chi connectivity index (χ1n) is 39.7. The van der Waals surface area contributed by atoms with Crippen LogP contribution in [-0.4, -0.2) is 87.5 Å². The molecule has 1 rings (SSSR count). The number of carbonyl (C=O) groups excluding carboxylic acids is 1. The number of hydrogen-bond acceptors (Lipinski definition) is 8. The molecule has 9 heteroatoms. The van der Waals surface area contributed by atoms with E-state index in [9.17, 15) is 30.3 Å². The van der Waals surface area contributed by atoms with Gasteiger partial charge in [-0.25, -0.2) is 0 Å². The lowest BCUT2D eigenvalue weighted by Gasteiger charge is -2.40. The molecular weight excluding hydrogens is 1100 g/mol. The first kappa shape index (κ1) is 85.4. The fraction of sp³-hybridized carbons (Fsp3) is 0.912. The lowest BCUT2D eigenvalue weighted by molar-refractivity contribution is -0.302. The fourth-order valence-electron chi connectivity index (χ4n) is 13.0. The predicted octanol–water partition coefficient (Wildman–Crippen LogP) is 22.5. The Kier molecular flexibility index (Phi) is 66.5. The van der Waals surface area contributed by atoms with Crippen molar-refractivity contribution in [1.29, 1.82) is 0 Å². The first-order chi connectivity index (χ1) is 43.8. The molecule has 6 N–H and O–H groups in total. The number of hydrogen-bond donors (Lipinski definition) is 6. The zero-order chi connectivity index (χ0) is 64.2. The van der Waals surface area contributed by atoms with Crippen molar-refractivity contribution in [2.75, 3.05) is 13.2 Å². The lowest BCUT2D eigenvalue weighted by atomic mass is 9.99. The Hall–Kier alpha value is -1.59. The summed E-state index contributed by atoms with van der Waals surface area (Å²) < 4.78 is 11.3. The van der Waals surface area contributed by atoms with Crippen LogP contribution in [0.25, 0.3) is 0 Å². The molecule has 0 saturated carbocycles. The van der Waals surface area contributed by atoms with E-state index < -0.39 is 49.5 Å². The molecule has 0 spiro atoms. The van der Waals surface area contributed by atoms with Gasteiger partial charge in [-0.15, -0.1) is 0 Å². The van der Waals surface area contributed by atoms with Gasteiger partial charge in [-0.05, 0) is 51.4 Å². The van der Waals surface area contributed by atoms with Gasteiger partial charge in [0.15, 0.2) is 6.29 Å². The number of allylic oxidation sites excluding steroid dienone is 5. The molecule has 1 aliphatic heterocycles. The molecular formula is C80H153NO8. The first-order valence-corrected chi connectivity index (χ1v) is 39.7. The smallest absolute Gasteiger partial charge is 0.220 e. The molecule has 0 aliphatic carbocycles. The van der Waals surface area contributed by atoms with Crippen LogP contribution in [0.5, 0.6) is 0 Å². The van der Waals surface area contributed by atoms with E-state index in [1.54, 1.807) is 6.08 Å². The summed E-state index contributed by atoms with van der Waals surface area (Å²) in [4.78, 5) is 13.2. The highest BCUT2D eigenvalue weighted by molar-refractivity contribution is 5.76. The zero-order valence-corrected chi connectivity index (χ0v) is 59.2. The van der Waals surface area contributed by atoms with Crippen LogP contribution in [0.3, 0.4) is 0 Å². The van der Waals surface area contributed by atoms with Crippen LogP contribution in [-0.2, 0) is 14.3 Å². The van der Waals surface area contributed by atoms with Crippen LogP contribution in [0.4, 0.5) is 0 Å². The minimum atomic E-state index is -1.57. The summed E-state index contributed by atoms with van der Waals surface area (Å²) in [6.07, 6.45) is 87.3. The molecule has 89 heavy (non-hydrogen) atoms. The Morgan fingerprint density at radius 3 is 0.966 bits per heavy atom. The topological polar surface area (TPSA) is 149 Å². The quantitative estimate of drug-likeness (QED) is 0.0261. The minimum absolute atomic E-state index is 0.167. The van der Waals surface area contributed by atoms with Gasteiger partial charge >= 0.3 is 0 Å². The van der Waals surface area contributed by atoms with Crippen molar-refractivity contribution in [2.45, 2.75) is 455 Å². The maximum atomic E-state index is 13.2. The van der Waals surface area contributed by atoms with Crippen LogP contribution in [0.2, 0.25) is 0 Å². The third-order valence-electron chi connectivity index (χ3n) is 19.2. The largest absolute Gasteiger partial charge is 0.394 e. The number of aliphatic hydroxyl groups is 5.